The number of benzene rings is 2. The largest absolute Gasteiger partial charge is 0.484 e. The van der Waals surface area contributed by atoms with Gasteiger partial charge in [0, 0.05) is 13.2 Å². The monoisotopic (exact) mass is 368 g/mol. The van der Waals surface area contributed by atoms with Crippen molar-refractivity contribution in [3.8, 4) is 5.75 Å². The second kappa shape index (κ2) is 9.19. The number of aryl methyl sites for hydroxylation is 1. The average molecular weight is 368 g/mol. The molecule has 0 aliphatic carbocycles. The maximum Gasteiger partial charge on any atom is 0.262 e. The highest BCUT2D eigenvalue weighted by atomic mass is 16.5. The molecule has 0 saturated carbocycles. The van der Waals surface area contributed by atoms with Crippen molar-refractivity contribution in [1.82, 2.24) is 5.32 Å². The Morgan fingerprint density at radius 2 is 1.93 bits per heavy atom. The smallest absolute Gasteiger partial charge is 0.262 e. The van der Waals surface area contributed by atoms with Crippen molar-refractivity contribution in [3.05, 3.63) is 59.7 Å². The van der Waals surface area contributed by atoms with Gasteiger partial charge in [0.1, 0.15) is 5.75 Å². The number of carbonyl (C=O) groups excluding carboxylic acids is 2. The topological polar surface area (TPSA) is 76.7 Å². The van der Waals surface area contributed by atoms with Crippen LogP contribution in [0.1, 0.15) is 28.8 Å². The molecule has 1 fully saturated rings. The predicted octanol–water partition coefficient (Wildman–Crippen LogP) is 2.92. The molecular formula is C21H24N2O4. The van der Waals surface area contributed by atoms with Gasteiger partial charge < -0.3 is 20.1 Å². The number of carbonyl (C=O) groups is 2. The van der Waals surface area contributed by atoms with Gasteiger partial charge in [-0.15, -0.1) is 0 Å². The second-order valence-corrected chi connectivity index (χ2v) is 6.54. The molecule has 0 aromatic heterocycles. The Morgan fingerprint density at radius 1 is 1.15 bits per heavy atom. The van der Waals surface area contributed by atoms with E-state index in [1.165, 1.54) is 0 Å². The van der Waals surface area contributed by atoms with Gasteiger partial charge in [-0.25, -0.2) is 0 Å². The van der Waals surface area contributed by atoms with Crippen molar-refractivity contribution < 1.29 is 19.1 Å². The zero-order valence-electron chi connectivity index (χ0n) is 15.4. The summed E-state index contributed by atoms with van der Waals surface area (Å²) in [5, 5.41) is 5.62. The van der Waals surface area contributed by atoms with E-state index < -0.39 is 0 Å². The van der Waals surface area contributed by atoms with Crippen LogP contribution >= 0.6 is 0 Å². The number of rotatable bonds is 7. The first-order chi connectivity index (χ1) is 13.1. The summed E-state index contributed by atoms with van der Waals surface area (Å²) in [7, 11) is 0. The maximum absolute atomic E-state index is 12.5. The Morgan fingerprint density at radius 3 is 2.67 bits per heavy atom. The molecule has 2 aromatic carbocycles. The zero-order chi connectivity index (χ0) is 19.1. The van der Waals surface area contributed by atoms with Gasteiger partial charge in [-0.3, -0.25) is 9.59 Å². The average Bonchev–Trinajstić information content (AvgIpc) is 3.20. The van der Waals surface area contributed by atoms with E-state index in [4.69, 9.17) is 9.47 Å². The maximum atomic E-state index is 12.5. The first kappa shape index (κ1) is 18.9. The molecule has 1 saturated heterocycles. The molecule has 3 rings (SSSR count). The van der Waals surface area contributed by atoms with E-state index in [0.717, 1.165) is 25.0 Å². The summed E-state index contributed by atoms with van der Waals surface area (Å²) in [6.45, 7) is 3.07. The van der Waals surface area contributed by atoms with Crippen LogP contribution in [-0.2, 0) is 9.53 Å². The molecule has 2 N–H and O–H groups in total. The highest BCUT2D eigenvalue weighted by Crippen LogP contribution is 2.16. The van der Waals surface area contributed by atoms with E-state index in [1.54, 1.807) is 24.3 Å². The third-order valence-corrected chi connectivity index (χ3v) is 4.35. The Kier molecular flexibility index (Phi) is 6.44. The fourth-order valence-corrected chi connectivity index (χ4v) is 2.87. The summed E-state index contributed by atoms with van der Waals surface area (Å²) < 4.78 is 11.0. The summed E-state index contributed by atoms with van der Waals surface area (Å²) >= 11 is 0. The highest BCUT2D eigenvalue weighted by Gasteiger charge is 2.18. The Bertz CT molecular complexity index is 783. The minimum absolute atomic E-state index is 0.0682. The molecule has 0 unspecified atom stereocenters. The van der Waals surface area contributed by atoms with Crippen LogP contribution in [0.5, 0.6) is 5.75 Å². The fourth-order valence-electron chi connectivity index (χ4n) is 2.87. The quantitative estimate of drug-likeness (QED) is 0.788. The summed E-state index contributed by atoms with van der Waals surface area (Å²) in [4.78, 5) is 24.7. The lowest BCUT2D eigenvalue weighted by Gasteiger charge is -2.14. The first-order valence-electron chi connectivity index (χ1n) is 9.10. The van der Waals surface area contributed by atoms with Gasteiger partial charge in [0.15, 0.2) is 6.61 Å². The molecule has 1 aliphatic heterocycles. The lowest BCUT2D eigenvalue weighted by Crippen LogP contribution is -2.32. The van der Waals surface area contributed by atoms with Crippen LogP contribution in [0.25, 0.3) is 0 Å². The van der Waals surface area contributed by atoms with Gasteiger partial charge in [0.25, 0.3) is 11.8 Å². The van der Waals surface area contributed by atoms with Gasteiger partial charge in [-0.05, 0) is 44.0 Å². The SMILES string of the molecule is Cc1ccc(OCC(=O)Nc2ccccc2C(=O)NC[C@@H]2CCCO2)cc1. The lowest BCUT2D eigenvalue weighted by atomic mass is 10.1. The molecule has 0 bridgehead atoms. The fraction of sp³-hybridized carbons (Fsp3) is 0.333. The number of ether oxygens (including phenoxy) is 2. The third-order valence-electron chi connectivity index (χ3n) is 4.35. The predicted molar refractivity (Wildman–Crippen MR) is 103 cm³/mol. The van der Waals surface area contributed by atoms with Crippen LogP contribution in [0.3, 0.4) is 0 Å². The molecule has 2 amide bonds. The minimum Gasteiger partial charge on any atom is -0.484 e. The van der Waals surface area contributed by atoms with Crippen molar-refractivity contribution in [3.63, 3.8) is 0 Å². The molecule has 1 aliphatic rings. The van der Waals surface area contributed by atoms with Gasteiger partial charge in [0.2, 0.25) is 0 Å². The van der Waals surface area contributed by atoms with Gasteiger partial charge in [0.05, 0.1) is 17.4 Å². The van der Waals surface area contributed by atoms with E-state index in [-0.39, 0.29) is 24.5 Å². The van der Waals surface area contributed by atoms with Crippen LogP contribution in [-0.4, -0.2) is 37.7 Å². The van der Waals surface area contributed by atoms with E-state index in [0.29, 0.717) is 23.5 Å². The van der Waals surface area contributed by atoms with E-state index in [2.05, 4.69) is 10.6 Å². The lowest BCUT2D eigenvalue weighted by molar-refractivity contribution is -0.118. The molecule has 142 valence electrons. The van der Waals surface area contributed by atoms with Crippen molar-refractivity contribution in [1.29, 1.82) is 0 Å². The number of para-hydroxylation sites is 1. The zero-order valence-corrected chi connectivity index (χ0v) is 15.4. The molecule has 0 radical (unpaired) electrons. The third kappa shape index (κ3) is 5.56. The van der Waals surface area contributed by atoms with Crippen molar-refractivity contribution in [2.45, 2.75) is 25.9 Å². The second-order valence-electron chi connectivity index (χ2n) is 6.54. The minimum atomic E-state index is -0.324. The summed E-state index contributed by atoms with van der Waals surface area (Å²) in [6.07, 6.45) is 2.04. The van der Waals surface area contributed by atoms with Crippen LogP contribution in [0.15, 0.2) is 48.5 Å². The van der Waals surface area contributed by atoms with E-state index in [9.17, 15) is 9.59 Å². The number of hydrogen-bond acceptors (Lipinski definition) is 4. The molecule has 0 spiro atoms. The first-order valence-corrected chi connectivity index (χ1v) is 9.10. The van der Waals surface area contributed by atoms with Gasteiger partial charge >= 0.3 is 0 Å². The number of hydrogen-bond donors (Lipinski definition) is 2. The number of anilines is 1. The molecule has 27 heavy (non-hydrogen) atoms. The Hall–Kier alpha value is -2.86. The standard InChI is InChI=1S/C21H24N2O4/c1-15-8-10-16(11-9-15)27-14-20(24)23-19-7-3-2-6-18(19)21(25)22-13-17-5-4-12-26-17/h2-3,6-11,17H,4-5,12-14H2,1H3,(H,22,25)(H,23,24)/t17-/m0/s1. The summed E-state index contributed by atoms with van der Waals surface area (Å²) in [5.41, 5.74) is 1.99. The van der Waals surface area contributed by atoms with Gasteiger partial charge in [-0.1, -0.05) is 29.8 Å². The Balaban J connectivity index is 1.55. The number of amides is 2. The van der Waals surface area contributed by atoms with Crippen LogP contribution in [0, 0.1) is 6.92 Å². The molecule has 2 aromatic rings. The van der Waals surface area contributed by atoms with Crippen LogP contribution < -0.4 is 15.4 Å². The van der Waals surface area contributed by atoms with Gasteiger partial charge in [-0.2, -0.15) is 0 Å². The van der Waals surface area contributed by atoms with Crippen molar-refractivity contribution >= 4 is 17.5 Å². The van der Waals surface area contributed by atoms with E-state index >= 15 is 0 Å². The van der Waals surface area contributed by atoms with E-state index in [1.807, 2.05) is 31.2 Å². The molecule has 6 heteroatoms. The number of nitrogens with one attached hydrogen (secondary N) is 2. The summed E-state index contributed by atoms with van der Waals surface area (Å²) in [5.74, 6) is 0.0640. The molecule has 1 heterocycles. The molecular weight excluding hydrogens is 344 g/mol. The normalized spacial score (nSPS) is 16.0. The summed E-state index contributed by atoms with van der Waals surface area (Å²) in [6, 6.07) is 14.4. The highest BCUT2D eigenvalue weighted by molar-refractivity contribution is 6.04. The molecule has 1 atom stereocenters. The molecule has 6 nitrogen and oxygen atoms in total. The van der Waals surface area contributed by atoms with Crippen LogP contribution in [0.4, 0.5) is 5.69 Å². The van der Waals surface area contributed by atoms with Crippen molar-refractivity contribution in [2.75, 3.05) is 25.1 Å². The van der Waals surface area contributed by atoms with Crippen LogP contribution in [0.2, 0.25) is 0 Å². The van der Waals surface area contributed by atoms with Crippen molar-refractivity contribution in [2.24, 2.45) is 0 Å². The Labute approximate surface area is 158 Å².